The molecular weight excluding hydrogens is 298 g/mol. The molecule has 2 atom stereocenters. The van der Waals surface area contributed by atoms with Crippen LogP contribution in [0.2, 0.25) is 0 Å². The number of rotatable bonds is 5. The topological polar surface area (TPSA) is 35.6 Å². The molecule has 0 aromatic heterocycles. The summed E-state index contributed by atoms with van der Waals surface area (Å²) in [7, 11) is 2.15. The van der Waals surface area contributed by atoms with Gasteiger partial charge in [-0.05, 0) is 69.8 Å². The first kappa shape index (κ1) is 17.3. The van der Waals surface area contributed by atoms with Gasteiger partial charge in [-0.15, -0.1) is 0 Å². The Morgan fingerprint density at radius 1 is 1.17 bits per heavy atom. The van der Waals surface area contributed by atoms with Crippen molar-refractivity contribution in [3.63, 3.8) is 0 Å². The van der Waals surface area contributed by atoms with Gasteiger partial charge in [-0.2, -0.15) is 0 Å². The van der Waals surface area contributed by atoms with Gasteiger partial charge >= 0.3 is 0 Å². The molecule has 2 heterocycles. The first-order chi connectivity index (χ1) is 11.6. The van der Waals surface area contributed by atoms with Crippen molar-refractivity contribution in [2.45, 2.75) is 45.1 Å². The minimum atomic E-state index is 0.0754. The maximum Gasteiger partial charge on any atom is 0.220 e. The summed E-state index contributed by atoms with van der Waals surface area (Å²) in [6, 6.07) is 8.78. The maximum atomic E-state index is 12.3. The normalized spacial score (nSPS) is 23.2. The van der Waals surface area contributed by atoms with Gasteiger partial charge in [-0.1, -0.05) is 12.1 Å². The summed E-state index contributed by atoms with van der Waals surface area (Å²) >= 11 is 0. The monoisotopic (exact) mass is 329 g/mol. The number of nitrogens with one attached hydrogen (secondary N) is 1. The number of amides is 1. The highest BCUT2D eigenvalue weighted by Gasteiger charge is 2.21. The zero-order chi connectivity index (χ0) is 16.9. The predicted molar refractivity (Wildman–Crippen MR) is 99.3 cm³/mol. The molecule has 4 heteroatoms. The van der Waals surface area contributed by atoms with Crippen molar-refractivity contribution in [1.29, 1.82) is 0 Å². The van der Waals surface area contributed by atoms with E-state index >= 15 is 0 Å². The SMILES string of the molecule is CC(NC(=O)CC1CCCN(C)C1)c1ccc(N2CCCC2)cc1. The fourth-order valence-electron chi connectivity index (χ4n) is 4.03. The van der Waals surface area contributed by atoms with Crippen LogP contribution in [0.5, 0.6) is 0 Å². The van der Waals surface area contributed by atoms with Crippen molar-refractivity contribution in [2.24, 2.45) is 5.92 Å². The standard InChI is InChI=1S/C20H31N3O/c1-16(21-20(24)14-17-6-5-11-22(2)15-17)18-7-9-19(10-8-18)23-12-3-4-13-23/h7-10,16-17H,3-6,11-15H2,1-2H3,(H,21,24). The highest BCUT2D eigenvalue weighted by molar-refractivity contribution is 5.76. The highest BCUT2D eigenvalue weighted by atomic mass is 16.1. The number of benzene rings is 1. The molecule has 0 saturated carbocycles. The number of carbonyl (C=O) groups is 1. The van der Waals surface area contributed by atoms with E-state index in [1.54, 1.807) is 0 Å². The van der Waals surface area contributed by atoms with E-state index in [2.05, 4.69) is 53.4 Å². The zero-order valence-corrected chi connectivity index (χ0v) is 15.1. The summed E-state index contributed by atoms with van der Waals surface area (Å²) in [6.45, 7) is 6.63. The minimum absolute atomic E-state index is 0.0754. The second-order valence-corrected chi connectivity index (χ2v) is 7.55. The number of hydrogen-bond acceptors (Lipinski definition) is 3. The molecule has 0 aliphatic carbocycles. The van der Waals surface area contributed by atoms with Gasteiger partial charge in [-0.3, -0.25) is 4.79 Å². The summed E-state index contributed by atoms with van der Waals surface area (Å²) in [5.74, 6) is 0.694. The molecule has 1 amide bonds. The molecule has 1 aromatic carbocycles. The van der Waals surface area contributed by atoms with Gasteiger partial charge in [0.1, 0.15) is 0 Å². The molecular formula is C20H31N3O. The van der Waals surface area contributed by atoms with Crippen molar-refractivity contribution >= 4 is 11.6 Å². The third-order valence-corrected chi connectivity index (χ3v) is 5.44. The Morgan fingerprint density at radius 3 is 2.54 bits per heavy atom. The third-order valence-electron chi connectivity index (χ3n) is 5.44. The van der Waals surface area contributed by atoms with Crippen molar-refractivity contribution in [2.75, 3.05) is 38.1 Å². The molecule has 132 valence electrons. The highest BCUT2D eigenvalue weighted by Crippen LogP contribution is 2.23. The van der Waals surface area contributed by atoms with Crippen LogP contribution >= 0.6 is 0 Å². The molecule has 2 fully saturated rings. The first-order valence-electron chi connectivity index (χ1n) is 9.44. The van der Waals surface area contributed by atoms with Crippen molar-refractivity contribution < 1.29 is 4.79 Å². The second-order valence-electron chi connectivity index (χ2n) is 7.55. The van der Waals surface area contributed by atoms with Gasteiger partial charge in [0.25, 0.3) is 0 Å². The average molecular weight is 329 g/mol. The molecule has 4 nitrogen and oxygen atoms in total. The quantitative estimate of drug-likeness (QED) is 0.901. The number of anilines is 1. The maximum absolute atomic E-state index is 12.3. The second kappa shape index (κ2) is 8.02. The van der Waals surface area contributed by atoms with Crippen LogP contribution in [0.25, 0.3) is 0 Å². The fraction of sp³-hybridized carbons (Fsp3) is 0.650. The number of carbonyl (C=O) groups excluding carboxylic acids is 1. The van der Waals surface area contributed by atoms with E-state index in [1.165, 1.54) is 50.0 Å². The molecule has 1 N–H and O–H groups in total. The molecule has 3 rings (SSSR count). The van der Waals surface area contributed by atoms with E-state index in [4.69, 9.17) is 0 Å². The molecule has 2 unspecified atom stereocenters. The Morgan fingerprint density at radius 2 is 1.88 bits per heavy atom. The van der Waals surface area contributed by atoms with Crippen LogP contribution in [-0.4, -0.2) is 44.0 Å². The van der Waals surface area contributed by atoms with E-state index in [1.807, 2.05) is 0 Å². The van der Waals surface area contributed by atoms with Crippen LogP contribution in [0.15, 0.2) is 24.3 Å². The van der Waals surface area contributed by atoms with E-state index in [-0.39, 0.29) is 11.9 Å². The van der Waals surface area contributed by atoms with E-state index in [0.717, 1.165) is 13.1 Å². The van der Waals surface area contributed by atoms with Gasteiger partial charge in [0.2, 0.25) is 5.91 Å². The lowest BCUT2D eigenvalue weighted by Crippen LogP contribution is -2.36. The fourth-order valence-corrected chi connectivity index (χ4v) is 4.03. The van der Waals surface area contributed by atoms with Gasteiger partial charge in [0, 0.05) is 31.7 Å². The molecule has 1 aromatic rings. The molecule has 24 heavy (non-hydrogen) atoms. The molecule has 2 saturated heterocycles. The number of piperidine rings is 1. The van der Waals surface area contributed by atoms with Crippen molar-refractivity contribution in [3.8, 4) is 0 Å². The van der Waals surface area contributed by atoms with E-state index < -0.39 is 0 Å². The van der Waals surface area contributed by atoms with Crippen LogP contribution in [-0.2, 0) is 4.79 Å². The largest absolute Gasteiger partial charge is 0.372 e. The summed E-state index contributed by atoms with van der Waals surface area (Å²) < 4.78 is 0. The lowest BCUT2D eigenvalue weighted by Gasteiger charge is -2.29. The molecule has 0 spiro atoms. The van der Waals surface area contributed by atoms with Gasteiger partial charge in [0.15, 0.2) is 0 Å². The Bertz CT molecular complexity index is 536. The van der Waals surface area contributed by atoms with Gasteiger partial charge < -0.3 is 15.1 Å². The van der Waals surface area contributed by atoms with E-state index in [9.17, 15) is 4.79 Å². The Balaban J connectivity index is 1.50. The van der Waals surface area contributed by atoms with Gasteiger partial charge in [-0.25, -0.2) is 0 Å². The summed E-state index contributed by atoms with van der Waals surface area (Å²) in [6.07, 6.45) is 5.63. The van der Waals surface area contributed by atoms with E-state index in [0.29, 0.717) is 12.3 Å². The lowest BCUT2D eigenvalue weighted by molar-refractivity contribution is -0.123. The van der Waals surface area contributed by atoms with Crippen molar-refractivity contribution in [1.82, 2.24) is 10.2 Å². The molecule has 0 radical (unpaired) electrons. The van der Waals surface area contributed by atoms with Crippen LogP contribution < -0.4 is 10.2 Å². The average Bonchev–Trinajstić information content (AvgIpc) is 3.09. The van der Waals surface area contributed by atoms with Crippen LogP contribution in [0, 0.1) is 5.92 Å². The summed E-state index contributed by atoms with van der Waals surface area (Å²) in [5.41, 5.74) is 2.49. The Hall–Kier alpha value is -1.55. The Labute approximate surface area is 146 Å². The molecule has 0 bridgehead atoms. The summed E-state index contributed by atoms with van der Waals surface area (Å²) in [4.78, 5) is 17.1. The number of likely N-dealkylation sites (tertiary alicyclic amines) is 1. The number of nitrogens with zero attached hydrogens (tertiary/aromatic N) is 2. The smallest absolute Gasteiger partial charge is 0.220 e. The zero-order valence-electron chi connectivity index (χ0n) is 15.1. The molecule has 2 aliphatic rings. The Kier molecular flexibility index (Phi) is 5.77. The van der Waals surface area contributed by atoms with Crippen LogP contribution in [0.3, 0.4) is 0 Å². The summed E-state index contributed by atoms with van der Waals surface area (Å²) in [5, 5.41) is 3.18. The van der Waals surface area contributed by atoms with Crippen molar-refractivity contribution in [3.05, 3.63) is 29.8 Å². The number of hydrogen-bond donors (Lipinski definition) is 1. The predicted octanol–water partition coefficient (Wildman–Crippen LogP) is 3.20. The third kappa shape index (κ3) is 4.50. The van der Waals surface area contributed by atoms with Crippen LogP contribution in [0.4, 0.5) is 5.69 Å². The first-order valence-corrected chi connectivity index (χ1v) is 9.44. The van der Waals surface area contributed by atoms with Gasteiger partial charge in [0.05, 0.1) is 6.04 Å². The lowest BCUT2D eigenvalue weighted by atomic mass is 9.94. The van der Waals surface area contributed by atoms with Crippen LogP contribution in [0.1, 0.15) is 50.6 Å². The minimum Gasteiger partial charge on any atom is -0.372 e. The molecule has 2 aliphatic heterocycles.